The predicted molar refractivity (Wildman–Crippen MR) is 113 cm³/mol. The van der Waals surface area contributed by atoms with Crippen LogP contribution in [0.2, 0.25) is 0 Å². The number of nitrogens with one attached hydrogen (secondary N) is 1. The van der Waals surface area contributed by atoms with Gasteiger partial charge < -0.3 is 14.8 Å². The van der Waals surface area contributed by atoms with Crippen molar-refractivity contribution in [2.45, 2.75) is 31.7 Å². The molecule has 0 aliphatic carbocycles. The number of amides is 1. The average Bonchev–Trinajstić information content (AvgIpc) is 2.77. The quantitative estimate of drug-likeness (QED) is 0.498. The number of methoxy groups -OCH3 is 1. The maximum absolute atomic E-state index is 13.9. The van der Waals surface area contributed by atoms with Crippen LogP contribution in [0, 0.1) is 0 Å². The van der Waals surface area contributed by atoms with Gasteiger partial charge in [0, 0.05) is 5.56 Å². The molecular formula is C24H22F3NO4. The molecule has 8 heteroatoms. The van der Waals surface area contributed by atoms with Crippen LogP contribution in [0.15, 0.2) is 66.7 Å². The summed E-state index contributed by atoms with van der Waals surface area (Å²) in [4.78, 5) is 24.1. The standard InChI is InChI=1S/C24H22F3NO4/c1-15(19-10-6-8-16-7-4-5-9-20(16)19)28-22(30)32-23(2,24(25,26)27)18-13-11-17(12-14-18)21(29)31-3/h4-15H,1-3H3,(H,28,30)/t15-,23?/m0/s1. The molecule has 5 nitrogen and oxygen atoms in total. The van der Waals surface area contributed by atoms with Crippen molar-refractivity contribution in [3.63, 3.8) is 0 Å². The molecule has 3 aromatic carbocycles. The fraction of sp³-hybridized carbons (Fsp3) is 0.250. The van der Waals surface area contributed by atoms with E-state index in [4.69, 9.17) is 4.74 Å². The first-order valence-corrected chi connectivity index (χ1v) is 9.79. The van der Waals surface area contributed by atoms with Gasteiger partial charge in [0.05, 0.1) is 18.7 Å². The molecule has 0 aliphatic rings. The first-order valence-electron chi connectivity index (χ1n) is 9.79. The summed E-state index contributed by atoms with van der Waals surface area (Å²) in [7, 11) is 1.17. The number of carbonyl (C=O) groups excluding carboxylic acids is 2. The molecule has 0 fully saturated rings. The number of halogens is 3. The van der Waals surface area contributed by atoms with E-state index in [1.807, 2.05) is 36.4 Å². The van der Waals surface area contributed by atoms with Gasteiger partial charge in [0.2, 0.25) is 5.60 Å². The van der Waals surface area contributed by atoms with Crippen LogP contribution in [0.1, 0.15) is 41.4 Å². The lowest BCUT2D eigenvalue weighted by atomic mass is 9.94. The Morgan fingerprint density at radius 2 is 1.56 bits per heavy atom. The Kier molecular flexibility index (Phi) is 6.43. The highest BCUT2D eigenvalue weighted by atomic mass is 19.4. The van der Waals surface area contributed by atoms with Gasteiger partial charge in [-0.1, -0.05) is 54.6 Å². The minimum absolute atomic E-state index is 0.0785. The van der Waals surface area contributed by atoms with Crippen molar-refractivity contribution in [3.8, 4) is 0 Å². The molecule has 1 unspecified atom stereocenters. The molecule has 0 bridgehead atoms. The number of ether oxygens (including phenoxy) is 2. The molecule has 2 atom stereocenters. The van der Waals surface area contributed by atoms with E-state index in [0.29, 0.717) is 0 Å². The van der Waals surface area contributed by atoms with Gasteiger partial charge in [0.1, 0.15) is 0 Å². The van der Waals surface area contributed by atoms with E-state index in [9.17, 15) is 22.8 Å². The molecule has 0 saturated heterocycles. The summed E-state index contributed by atoms with van der Waals surface area (Å²) in [5.74, 6) is -0.687. The van der Waals surface area contributed by atoms with Crippen molar-refractivity contribution >= 4 is 22.8 Å². The average molecular weight is 445 g/mol. The monoisotopic (exact) mass is 445 g/mol. The number of carbonyl (C=O) groups is 2. The summed E-state index contributed by atoms with van der Waals surface area (Å²) in [5, 5.41) is 4.31. The fourth-order valence-electron chi connectivity index (χ4n) is 3.42. The lowest BCUT2D eigenvalue weighted by Gasteiger charge is -2.32. The normalized spacial score (nSPS) is 14.3. The molecule has 32 heavy (non-hydrogen) atoms. The smallest absolute Gasteiger partial charge is 0.432 e. The maximum atomic E-state index is 13.9. The molecule has 0 spiro atoms. The molecule has 3 rings (SSSR count). The summed E-state index contributed by atoms with van der Waals surface area (Å²) in [6.45, 7) is 2.43. The van der Waals surface area contributed by atoms with Gasteiger partial charge in [-0.25, -0.2) is 9.59 Å². The summed E-state index contributed by atoms with van der Waals surface area (Å²) < 4.78 is 51.3. The van der Waals surface area contributed by atoms with Crippen LogP contribution in [-0.2, 0) is 15.1 Å². The van der Waals surface area contributed by atoms with E-state index in [2.05, 4.69) is 10.1 Å². The van der Waals surface area contributed by atoms with Gasteiger partial charge >= 0.3 is 18.2 Å². The Morgan fingerprint density at radius 3 is 2.19 bits per heavy atom. The molecular weight excluding hydrogens is 423 g/mol. The van der Waals surface area contributed by atoms with E-state index in [1.165, 1.54) is 19.2 Å². The predicted octanol–water partition coefficient (Wildman–Crippen LogP) is 5.89. The summed E-state index contributed by atoms with van der Waals surface area (Å²) in [6.07, 6.45) is -6.12. The third-order valence-corrected chi connectivity index (χ3v) is 5.32. The second-order valence-corrected chi connectivity index (χ2v) is 7.42. The van der Waals surface area contributed by atoms with Crippen LogP contribution in [0.4, 0.5) is 18.0 Å². The summed E-state index contributed by atoms with van der Waals surface area (Å²) in [5.41, 5.74) is -2.43. The van der Waals surface area contributed by atoms with E-state index in [-0.39, 0.29) is 11.1 Å². The molecule has 0 radical (unpaired) electrons. The first kappa shape index (κ1) is 23.1. The second kappa shape index (κ2) is 8.90. The highest BCUT2D eigenvalue weighted by Crippen LogP contribution is 2.42. The van der Waals surface area contributed by atoms with Gasteiger partial charge in [0.15, 0.2) is 0 Å². The van der Waals surface area contributed by atoms with Gasteiger partial charge in [0.25, 0.3) is 0 Å². The van der Waals surface area contributed by atoms with E-state index in [0.717, 1.165) is 35.4 Å². The molecule has 0 aliphatic heterocycles. The Labute approximate surface area is 183 Å². The van der Waals surface area contributed by atoms with Crippen LogP contribution in [0.25, 0.3) is 10.8 Å². The zero-order valence-corrected chi connectivity index (χ0v) is 17.7. The van der Waals surface area contributed by atoms with Crippen LogP contribution in [0.5, 0.6) is 0 Å². The highest BCUT2D eigenvalue weighted by Gasteiger charge is 2.56. The number of alkyl halides is 3. The number of rotatable bonds is 5. The van der Waals surface area contributed by atoms with Crippen LogP contribution in [0.3, 0.4) is 0 Å². The summed E-state index contributed by atoms with van der Waals surface area (Å²) in [6, 6.07) is 16.9. The van der Waals surface area contributed by atoms with Crippen molar-refractivity contribution in [2.75, 3.05) is 7.11 Å². The molecule has 1 N–H and O–H groups in total. The van der Waals surface area contributed by atoms with E-state index in [1.54, 1.807) is 13.0 Å². The van der Waals surface area contributed by atoms with Crippen molar-refractivity contribution in [1.29, 1.82) is 0 Å². The number of alkyl carbamates (subject to hydrolysis) is 1. The van der Waals surface area contributed by atoms with Gasteiger partial charge in [-0.2, -0.15) is 13.2 Å². The van der Waals surface area contributed by atoms with Crippen LogP contribution < -0.4 is 5.32 Å². The zero-order valence-electron chi connectivity index (χ0n) is 17.7. The van der Waals surface area contributed by atoms with Crippen LogP contribution in [-0.4, -0.2) is 25.3 Å². The molecule has 0 saturated carbocycles. The van der Waals surface area contributed by atoms with Crippen molar-refractivity contribution in [3.05, 3.63) is 83.4 Å². The lowest BCUT2D eigenvalue weighted by Crippen LogP contribution is -2.46. The molecule has 3 aromatic rings. The van der Waals surface area contributed by atoms with Crippen molar-refractivity contribution < 1.29 is 32.2 Å². The van der Waals surface area contributed by atoms with Gasteiger partial charge in [-0.3, -0.25) is 0 Å². The Hall–Kier alpha value is -3.55. The van der Waals surface area contributed by atoms with Gasteiger partial charge in [-0.05, 0) is 42.3 Å². The van der Waals surface area contributed by atoms with Gasteiger partial charge in [-0.15, -0.1) is 0 Å². The SMILES string of the molecule is COC(=O)c1ccc(C(C)(OC(=O)N[C@@H](C)c2cccc3ccccc23)C(F)(F)F)cc1. The third kappa shape index (κ3) is 4.54. The number of hydrogen-bond acceptors (Lipinski definition) is 4. The highest BCUT2D eigenvalue weighted by molar-refractivity contribution is 5.89. The lowest BCUT2D eigenvalue weighted by molar-refractivity contribution is -0.257. The Morgan fingerprint density at radius 1 is 0.938 bits per heavy atom. The summed E-state index contributed by atoms with van der Waals surface area (Å²) >= 11 is 0. The molecule has 168 valence electrons. The largest absolute Gasteiger partial charge is 0.465 e. The van der Waals surface area contributed by atoms with Crippen molar-refractivity contribution in [2.24, 2.45) is 0 Å². The second-order valence-electron chi connectivity index (χ2n) is 7.42. The zero-order chi connectivity index (χ0) is 23.5. The fourth-order valence-corrected chi connectivity index (χ4v) is 3.42. The first-order chi connectivity index (χ1) is 15.1. The minimum atomic E-state index is -4.90. The third-order valence-electron chi connectivity index (χ3n) is 5.32. The van der Waals surface area contributed by atoms with Crippen molar-refractivity contribution in [1.82, 2.24) is 5.32 Å². The van der Waals surface area contributed by atoms with E-state index < -0.39 is 29.9 Å². The topological polar surface area (TPSA) is 64.6 Å². The minimum Gasteiger partial charge on any atom is -0.465 e. The number of esters is 1. The Balaban J connectivity index is 1.84. The maximum Gasteiger partial charge on any atom is 0.432 e. The number of fused-ring (bicyclic) bond motifs is 1. The van der Waals surface area contributed by atoms with Crippen LogP contribution >= 0.6 is 0 Å². The molecule has 0 aromatic heterocycles. The number of benzene rings is 3. The Bertz CT molecular complexity index is 1120. The molecule has 1 amide bonds. The van der Waals surface area contributed by atoms with E-state index >= 15 is 0 Å². The molecule has 0 heterocycles. The number of hydrogen-bond donors (Lipinski definition) is 1.